The number of piperazine rings is 1. The Hall–Kier alpha value is -2.77. The molecular formula is C19H26N2O6. The third-order valence-electron chi connectivity index (χ3n) is 4.35. The summed E-state index contributed by atoms with van der Waals surface area (Å²) in [4.78, 5) is 38.8. The molecule has 1 fully saturated rings. The van der Waals surface area contributed by atoms with E-state index in [4.69, 9.17) is 14.2 Å². The van der Waals surface area contributed by atoms with Crippen LogP contribution < -0.4 is 14.8 Å². The highest BCUT2D eigenvalue weighted by Gasteiger charge is 2.36. The summed E-state index contributed by atoms with van der Waals surface area (Å²) in [5.74, 6) is -0.347. The van der Waals surface area contributed by atoms with Crippen LogP contribution in [0.4, 0.5) is 0 Å². The van der Waals surface area contributed by atoms with Gasteiger partial charge in [-0.25, -0.2) is 0 Å². The van der Waals surface area contributed by atoms with E-state index < -0.39 is 12.0 Å². The Morgan fingerprint density at radius 1 is 1.26 bits per heavy atom. The summed E-state index contributed by atoms with van der Waals surface area (Å²) in [6.45, 7) is 2.92. The predicted molar refractivity (Wildman–Crippen MR) is 97.9 cm³/mol. The van der Waals surface area contributed by atoms with Crippen molar-refractivity contribution in [1.29, 1.82) is 0 Å². The van der Waals surface area contributed by atoms with Crippen molar-refractivity contribution in [1.82, 2.24) is 10.2 Å². The number of rotatable bonds is 8. The molecule has 1 aromatic carbocycles. The second kappa shape index (κ2) is 9.80. The molecule has 1 atom stereocenters. The molecular weight excluding hydrogens is 352 g/mol. The molecule has 1 saturated heterocycles. The molecule has 148 valence electrons. The summed E-state index contributed by atoms with van der Waals surface area (Å²) in [6, 6.07) is 3.93. The Bertz CT molecular complexity index is 691. The lowest BCUT2D eigenvalue weighted by Gasteiger charge is -2.34. The minimum atomic E-state index is -0.910. The number of hydrogen-bond donors (Lipinski definition) is 1. The number of amides is 2. The van der Waals surface area contributed by atoms with Crippen LogP contribution in [-0.4, -0.2) is 62.6 Å². The Labute approximate surface area is 158 Å². The number of carbonyl (C=O) groups excluding carboxylic acids is 3. The first kappa shape index (κ1) is 20.5. The zero-order valence-electron chi connectivity index (χ0n) is 15.9. The Morgan fingerprint density at radius 3 is 2.70 bits per heavy atom. The molecule has 1 aliphatic heterocycles. The minimum Gasteiger partial charge on any atom is -0.497 e. The number of esters is 1. The highest BCUT2D eigenvalue weighted by Crippen LogP contribution is 2.27. The van der Waals surface area contributed by atoms with Crippen LogP contribution in [0.25, 0.3) is 0 Å². The number of nitrogens with zero attached hydrogens (tertiary/aromatic N) is 1. The number of carbonyl (C=O) groups is 3. The lowest BCUT2D eigenvalue weighted by atomic mass is 10.1. The highest BCUT2D eigenvalue weighted by atomic mass is 16.5. The van der Waals surface area contributed by atoms with Gasteiger partial charge in [-0.15, -0.1) is 0 Å². The maximum Gasteiger partial charge on any atom is 0.308 e. The Morgan fingerprint density at radius 2 is 2.04 bits per heavy atom. The van der Waals surface area contributed by atoms with E-state index in [-0.39, 0.29) is 18.2 Å². The van der Waals surface area contributed by atoms with Crippen molar-refractivity contribution in [2.75, 3.05) is 33.9 Å². The smallest absolute Gasteiger partial charge is 0.308 e. The molecule has 27 heavy (non-hydrogen) atoms. The average molecular weight is 378 g/mol. The van der Waals surface area contributed by atoms with Crippen molar-refractivity contribution in [3.8, 4) is 11.5 Å². The van der Waals surface area contributed by atoms with E-state index in [1.165, 1.54) is 19.1 Å². The van der Waals surface area contributed by atoms with E-state index in [9.17, 15) is 14.4 Å². The highest BCUT2D eigenvalue weighted by molar-refractivity contribution is 6.01. The first-order chi connectivity index (χ1) is 13.0. The molecule has 1 aromatic rings. The van der Waals surface area contributed by atoms with E-state index >= 15 is 0 Å². The van der Waals surface area contributed by atoms with Crippen molar-refractivity contribution >= 4 is 17.8 Å². The predicted octanol–water partition coefficient (Wildman–Crippen LogP) is 1.38. The number of hydrogen-bond acceptors (Lipinski definition) is 6. The van der Waals surface area contributed by atoms with Crippen molar-refractivity contribution in [2.24, 2.45) is 0 Å². The maximum absolute atomic E-state index is 13.0. The van der Waals surface area contributed by atoms with E-state index in [2.05, 4.69) is 5.32 Å². The van der Waals surface area contributed by atoms with Gasteiger partial charge in [0.25, 0.3) is 5.91 Å². The van der Waals surface area contributed by atoms with Gasteiger partial charge in [-0.3, -0.25) is 14.4 Å². The van der Waals surface area contributed by atoms with Crippen LogP contribution in [0, 0.1) is 0 Å². The molecule has 0 saturated carbocycles. The monoisotopic (exact) mass is 378 g/mol. The van der Waals surface area contributed by atoms with E-state index in [1.54, 1.807) is 18.2 Å². The van der Waals surface area contributed by atoms with Crippen LogP contribution in [0.3, 0.4) is 0 Å². The van der Waals surface area contributed by atoms with E-state index in [0.717, 1.165) is 12.8 Å². The SMILES string of the molecule is CCCCOC(=O)CC1C(=O)NCCN1C(=O)c1ccc(OC)cc1OC. The molecule has 1 heterocycles. The first-order valence-electron chi connectivity index (χ1n) is 8.98. The molecule has 2 amide bonds. The molecule has 8 heteroatoms. The van der Waals surface area contributed by atoms with Gasteiger partial charge in [-0.1, -0.05) is 13.3 Å². The van der Waals surface area contributed by atoms with Gasteiger partial charge in [0, 0.05) is 19.2 Å². The number of nitrogens with one attached hydrogen (secondary N) is 1. The van der Waals surface area contributed by atoms with E-state index in [0.29, 0.717) is 36.8 Å². The summed E-state index contributed by atoms with van der Waals surface area (Å²) >= 11 is 0. The minimum absolute atomic E-state index is 0.181. The van der Waals surface area contributed by atoms with Gasteiger partial charge in [-0.2, -0.15) is 0 Å². The van der Waals surface area contributed by atoms with E-state index in [1.807, 2.05) is 6.92 Å². The number of unbranched alkanes of at least 4 members (excludes halogenated alkanes) is 1. The quantitative estimate of drug-likeness (QED) is 0.542. The van der Waals surface area contributed by atoms with Gasteiger partial charge >= 0.3 is 5.97 Å². The molecule has 1 N–H and O–H groups in total. The summed E-state index contributed by atoms with van der Waals surface area (Å²) < 4.78 is 15.6. The zero-order chi connectivity index (χ0) is 19.8. The topological polar surface area (TPSA) is 94.2 Å². The van der Waals surface area contributed by atoms with Gasteiger partial charge < -0.3 is 24.4 Å². The fourth-order valence-electron chi connectivity index (χ4n) is 2.84. The lowest BCUT2D eigenvalue weighted by Crippen LogP contribution is -2.57. The van der Waals surface area contributed by atoms with Crippen molar-refractivity contribution in [2.45, 2.75) is 32.2 Å². The van der Waals surface area contributed by atoms with Gasteiger partial charge in [0.05, 0.1) is 32.8 Å². The normalized spacial score (nSPS) is 16.5. The van der Waals surface area contributed by atoms with Crippen molar-refractivity contribution in [3.63, 3.8) is 0 Å². The van der Waals surface area contributed by atoms with Crippen LogP contribution in [0.5, 0.6) is 11.5 Å². The van der Waals surface area contributed by atoms with Crippen LogP contribution in [0.2, 0.25) is 0 Å². The average Bonchev–Trinajstić information content (AvgIpc) is 2.68. The number of ether oxygens (including phenoxy) is 3. The summed E-state index contributed by atoms with van der Waals surface area (Å²) in [6.07, 6.45) is 1.48. The summed E-state index contributed by atoms with van der Waals surface area (Å²) in [5.41, 5.74) is 0.303. The molecule has 0 bridgehead atoms. The summed E-state index contributed by atoms with van der Waals surface area (Å²) in [5, 5.41) is 2.70. The lowest BCUT2D eigenvalue weighted by molar-refractivity contribution is -0.147. The van der Waals surface area contributed by atoms with Gasteiger partial charge in [0.2, 0.25) is 5.91 Å². The first-order valence-corrected chi connectivity index (χ1v) is 8.98. The number of methoxy groups -OCH3 is 2. The Balaban J connectivity index is 2.19. The summed E-state index contributed by atoms with van der Waals surface area (Å²) in [7, 11) is 2.97. The van der Waals surface area contributed by atoms with Crippen LogP contribution in [-0.2, 0) is 14.3 Å². The number of benzene rings is 1. The molecule has 0 spiro atoms. The standard InChI is InChI=1S/C19H26N2O6/c1-4-5-10-27-17(22)12-15-18(23)20-8-9-21(15)19(24)14-7-6-13(25-2)11-16(14)26-3/h6-7,11,15H,4-5,8-10,12H2,1-3H3,(H,20,23). The molecule has 0 radical (unpaired) electrons. The fourth-order valence-corrected chi connectivity index (χ4v) is 2.84. The second-order valence-corrected chi connectivity index (χ2v) is 6.15. The molecule has 0 aromatic heterocycles. The van der Waals surface area contributed by atoms with Gasteiger partial charge in [-0.05, 0) is 18.6 Å². The Kier molecular flexibility index (Phi) is 7.45. The third-order valence-corrected chi connectivity index (χ3v) is 4.35. The van der Waals surface area contributed by atoms with Crippen molar-refractivity contribution < 1.29 is 28.6 Å². The largest absolute Gasteiger partial charge is 0.497 e. The molecule has 8 nitrogen and oxygen atoms in total. The molecule has 0 aliphatic carbocycles. The third kappa shape index (κ3) is 5.12. The molecule has 2 rings (SSSR count). The molecule has 1 aliphatic rings. The van der Waals surface area contributed by atoms with Crippen LogP contribution >= 0.6 is 0 Å². The fraction of sp³-hybridized carbons (Fsp3) is 0.526. The van der Waals surface area contributed by atoms with Crippen molar-refractivity contribution in [3.05, 3.63) is 23.8 Å². The van der Waals surface area contributed by atoms with Crippen LogP contribution in [0.15, 0.2) is 18.2 Å². The maximum atomic E-state index is 13.0. The second-order valence-electron chi connectivity index (χ2n) is 6.15. The molecule has 1 unspecified atom stereocenters. The van der Waals surface area contributed by atoms with Gasteiger partial charge in [0.1, 0.15) is 17.5 Å². The zero-order valence-corrected chi connectivity index (χ0v) is 15.9. The van der Waals surface area contributed by atoms with Crippen LogP contribution in [0.1, 0.15) is 36.5 Å². The van der Waals surface area contributed by atoms with Gasteiger partial charge in [0.15, 0.2) is 0 Å².